The molecule has 152 valence electrons. The third-order valence-corrected chi connectivity index (χ3v) is 5.91. The molecule has 0 amide bonds. The van der Waals surface area contributed by atoms with Crippen LogP contribution in [0.1, 0.15) is 29.2 Å². The van der Waals surface area contributed by atoms with Crippen LogP contribution in [0.2, 0.25) is 0 Å². The minimum atomic E-state index is -0.851. The molecule has 31 heavy (non-hydrogen) atoms. The molecule has 0 spiro atoms. The van der Waals surface area contributed by atoms with Gasteiger partial charge in [-0.1, -0.05) is 18.1 Å². The van der Waals surface area contributed by atoms with Gasteiger partial charge in [-0.25, -0.2) is 0 Å². The molecule has 2 heterocycles. The summed E-state index contributed by atoms with van der Waals surface area (Å²) in [5, 5.41) is 12.7. The first kappa shape index (κ1) is 19.1. The van der Waals surface area contributed by atoms with Gasteiger partial charge in [0.15, 0.2) is 0 Å². The van der Waals surface area contributed by atoms with Crippen LogP contribution in [-0.4, -0.2) is 22.7 Å². The minimum Gasteiger partial charge on any atom is -0.493 e. The average Bonchev–Trinajstić information content (AvgIpc) is 2.75. The first-order valence-corrected chi connectivity index (χ1v) is 10.3. The Labute approximate surface area is 180 Å². The molecule has 0 bridgehead atoms. The van der Waals surface area contributed by atoms with E-state index in [-0.39, 0.29) is 6.42 Å². The quantitative estimate of drug-likeness (QED) is 0.469. The van der Waals surface area contributed by atoms with Gasteiger partial charge in [-0.05, 0) is 77.2 Å². The molecule has 4 nitrogen and oxygen atoms in total. The van der Waals surface area contributed by atoms with Crippen LogP contribution in [-0.2, 0) is 17.6 Å². The van der Waals surface area contributed by atoms with E-state index in [4.69, 9.17) is 9.72 Å². The van der Waals surface area contributed by atoms with Gasteiger partial charge >= 0.3 is 5.97 Å². The van der Waals surface area contributed by atoms with Crippen LogP contribution in [0.3, 0.4) is 0 Å². The Hall–Kier alpha value is -3.84. The van der Waals surface area contributed by atoms with Gasteiger partial charge < -0.3 is 9.84 Å². The summed E-state index contributed by atoms with van der Waals surface area (Å²) in [6, 6.07) is 14.2. The molecule has 3 aromatic carbocycles. The van der Waals surface area contributed by atoms with Crippen LogP contribution in [0, 0.1) is 18.8 Å². The lowest BCUT2D eigenvalue weighted by molar-refractivity contribution is -0.136. The normalized spacial score (nSPS) is 12.3. The summed E-state index contributed by atoms with van der Waals surface area (Å²) in [5.74, 6) is 6.04. The number of nitrogens with zero attached hydrogens (tertiary/aromatic N) is 1. The summed E-state index contributed by atoms with van der Waals surface area (Å²) < 4.78 is 5.89. The highest BCUT2D eigenvalue weighted by Crippen LogP contribution is 2.42. The largest absolute Gasteiger partial charge is 0.493 e. The number of fused-ring (bicyclic) bond motifs is 1. The molecule has 1 aliphatic rings. The molecular formula is C27H21NO3. The second-order valence-electron chi connectivity index (χ2n) is 7.83. The number of carboxylic acid groups (broad SMARTS) is 1. The van der Waals surface area contributed by atoms with Gasteiger partial charge in [0.05, 0.1) is 18.5 Å². The van der Waals surface area contributed by atoms with E-state index in [1.165, 1.54) is 5.56 Å². The summed E-state index contributed by atoms with van der Waals surface area (Å²) in [6.45, 7) is 4.45. The number of benzene rings is 3. The molecule has 0 radical (unpaired) electrons. The maximum atomic E-state index is 11.8. The molecule has 0 saturated carbocycles. The van der Waals surface area contributed by atoms with Gasteiger partial charge in [-0.2, -0.15) is 0 Å². The molecule has 0 aliphatic carbocycles. The Bertz CT molecular complexity index is 1430. The van der Waals surface area contributed by atoms with E-state index < -0.39 is 5.97 Å². The number of carboxylic acids is 1. The number of ether oxygens (including phenoxy) is 1. The summed E-state index contributed by atoms with van der Waals surface area (Å²) in [5.41, 5.74) is 6.63. The summed E-state index contributed by atoms with van der Waals surface area (Å²) in [6.07, 6.45) is 2.62. The molecule has 1 aromatic heterocycles. The predicted octanol–water partition coefficient (Wildman–Crippen LogP) is 5.30. The lowest BCUT2D eigenvalue weighted by Crippen LogP contribution is -2.10. The number of hydrogen-bond acceptors (Lipinski definition) is 3. The zero-order chi connectivity index (χ0) is 21.5. The number of aliphatic carboxylic acids is 1. The molecule has 4 heteroatoms. The molecule has 0 unspecified atom stereocenters. The van der Waals surface area contributed by atoms with E-state index in [0.29, 0.717) is 6.61 Å². The molecule has 0 fully saturated rings. The molecule has 5 rings (SSSR count). The van der Waals surface area contributed by atoms with Crippen LogP contribution in [0.4, 0.5) is 0 Å². The zero-order valence-electron chi connectivity index (χ0n) is 17.5. The molecule has 1 N–H and O–H groups in total. The smallest absolute Gasteiger partial charge is 0.307 e. The van der Waals surface area contributed by atoms with Gasteiger partial charge in [0, 0.05) is 29.1 Å². The lowest BCUT2D eigenvalue weighted by Gasteiger charge is -2.21. The van der Waals surface area contributed by atoms with Gasteiger partial charge in [0.25, 0.3) is 0 Å². The third kappa shape index (κ3) is 3.19. The fourth-order valence-corrected chi connectivity index (χ4v) is 4.60. The Morgan fingerprint density at radius 2 is 2.06 bits per heavy atom. The van der Waals surface area contributed by atoms with Gasteiger partial charge in [-0.15, -0.1) is 5.92 Å². The van der Waals surface area contributed by atoms with Crippen LogP contribution < -0.4 is 4.74 Å². The average molecular weight is 407 g/mol. The number of rotatable bonds is 3. The number of hydrogen-bond donors (Lipinski definition) is 1. The highest BCUT2D eigenvalue weighted by atomic mass is 16.5. The number of carbonyl (C=O) groups is 1. The summed E-state index contributed by atoms with van der Waals surface area (Å²) in [7, 11) is 0. The van der Waals surface area contributed by atoms with Gasteiger partial charge in [0.2, 0.25) is 0 Å². The van der Waals surface area contributed by atoms with Crippen molar-refractivity contribution in [1.29, 1.82) is 0 Å². The maximum absolute atomic E-state index is 11.8. The Balaban J connectivity index is 1.90. The number of aromatic nitrogens is 1. The fraction of sp³-hybridized carbons (Fsp3) is 0.185. The molecule has 1 aliphatic heterocycles. The zero-order valence-corrected chi connectivity index (χ0v) is 17.5. The van der Waals surface area contributed by atoms with Crippen molar-refractivity contribution in [2.75, 3.05) is 6.61 Å². The first-order valence-electron chi connectivity index (χ1n) is 10.3. The topological polar surface area (TPSA) is 59.4 Å². The van der Waals surface area contributed by atoms with Crippen molar-refractivity contribution in [2.24, 2.45) is 0 Å². The van der Waals surface area contributed by atoms with Crippen LogP contribution in [0.25, 0.3) is 32.8 Å². The first-order chi connectivity index (χ1) is 15.1. The van der Waals surface area contributed by atoms with Gasteiger partial charge in [0.1, 0.15) is 5.75 Å². The predicted molar refractivity (Wildman–Crippen MR) is 123 cm³/mol. The number of pyridine rings is 1. The maximum Gasteiger partial charge on any atom is 0.307 e. The van der Waals surface area contributed by atoms with E-state index >= 15 is 0 Å². The van der Waals surface area contributed by atoms with Crippen molar-refractivity contribution in [3.63, 3.8) is 0 Å². The third-order valence-electron chi connectivity index (χ3n) is 5.91. The van der Waals surface area contributed by atoms with Crippen molar-refractivity contribution in [2.45, 2.75) is 26.7 Å². The Morgan fingerprint density at radius 1 is 1.19 bits per heavy atom. The lowest BCUT2D eigenvalue weighted by atomic mass is 9.86. The van der Waals surface area contributed by atoms with Crippen LogP contribution in [0.5, 0.6) is 5.75 Å². The fourth-order valence-electron chi connectivity index (χ4n) is 4.60. The monoisotopic (exact) mass is 407 g/mol. The van der Waals surface area contributed by atoms with Crippen molar-refractivity contribution >= 4 is 27.6 Å². The summed E-state index contributed by atoms with van der Waals surface area (Å²) in [4.78, 5) is 16.5. The molecular weight excluding hydrogens is 386 g/mol. The van der Waals surface area contributed by atoms with Crippen molar-refractivity contribution in [1.82, 2.24) is 4.98 Å². The Kier molecular flexibility index (Phi) is 4.60. The SMILES string of the molecule is CC#Cc1ccc2c(-c3ccc4c5c(ccnc35)CCO4)c(CC(=O)O)c(C)cc2c1. The van der Waals surface area contributed by atoms with Crippen LogP contribution >= 0.6 is 0 Å². The Morgan fingerprint density at radius 3 is 2.87 bits per heavy atom. The van der Waals surface area contributed by atoms with E-state index in [9.17, 15) is 9.90 Å². The standard InChI is InChI=1S/C27H21NO3/c1-3-4-17-5-6-20-19(14-17)13-16(2)22(15-24(29)30)26(20)21-7-8-23-25-18(10-12-31-23)9-11-28-27(21)25/h5-9,11,13-14H,10,12,15H2,1-2H3,(H,29,30). The second kappa shape index (κ2) is 7.45. The highest BCUT2D eigenvalue weighted by molar-refractivity contribution is 6.08. The highest BCUT2D eigenvalue weighted by Gasteiger charge is 2.22. The van der Waals surface area contributed by atoms with Crippen LogP contribution in [0.15, 0.2) is 48.7 Å². The summed E-state index contributed by atoms with van der Waals surface area (Å²) >= 11 is 0. The molecule has 0 saturated heterocycles. The van der Waals surface area contributed by atoms with E-state index in [1.54, 1.807) is 0 Å². The van der Waals surface area contributed by atoms with Crippen molar-refractivity contribution in [3.05, 3.63) is 70.9 Å². The molecule has 0 atom stereocenters. The van der Waals surface area contributed by atoms with Crippen molar-refractivity contribution in [3.8, 4) is 28.7 Å². The van der Waals surface area contributed by atoms with Gasteiger partial charge in [-0.3, -0.25) is 9.78 Å². The minimum absolute atomic E-state index is 0.0486. The van der Waals surface area contributed by atoms with E-state index in [0.717, 1.165) is 61.7 Å². The van der Waals surface area contributed by atoms with E-state index in [2.05, 4.69) is 24.0 Å². The molecule has 4 aromatic rings. The van der Waals surface area contributed by atoms with E-state index in [1.807, 2.05) is 50.4 Å². The van der Waals surface area contributed by atoms with Crippen molar-refractivity contribution < 1.29 is 14.6 Å². The second-order valence-corrected chi connectivity index (χ2v) is 7.83. The number of aryl methyl sites for hydroxylation is 1.